The van der Waals surface area contributed by atoms with Crippen LogP contribution in [0.3, 0.4) is 0 Å². The molecule has 132 valence electrons. The summed E-state index contributed by atoms with van der Waals surface area (Å²) in [4.78, 5) is 14.7. The van der Waals surface area contributed by atoms with Crippen molar-refractivity contribution in [3.05, 3.63) is 28.2 Å². The molecule has 0 amide bonds. The van der Waals surface area contributed by atoms with E-state index in [-0.39, 0.29) is 5.56 Å². The summed E-state index contributed by atoms with van der Waals surface area (Å²) in [7, 11) is 0. The Labute approximate surface area is 144 Å². The predicted molar refractivity (Wildman–Crippen MR) is 93.2 cm³/mol. The fourth-order valence-electron chi connectivity index (χ4n) is 4.11. The molecule has 0 radical (unpaired) electrons. The lowest BCUT2D eigenvalue weighted by atomic mass is 9.94. The molecular formula is C19H29N3O2. The molecule has 1 saturated carbocycles. The van der Waals surface area contributed by atoms with Crippen LogP contribution in [-0.2, 0) is 11.3 Å². The fourth-order valence-corrected chi connectivity index (χ4v) is 4.11. The van der Waals surface area contributed by atoms with Gasteiger partial charge in [-0.15, -0.1) is 0 Å². The Balaban J connectivity index is 1.28. The molecule has 4 rings (SSSR count). The molecule has 0 bridgehead atoms. The van der Waals surface area contributed by atoms with Crippen LogP contribution in [0.5, 0.6) is 0 Å². The lowest BCUT2D eigenvalue weighted by Gasteiger charge is -2.35. The van der Waals surface area contributed by atoms with E-state index in [0.717, 1.165) is 44.5 Å². The topological polar surface area (TPSA) is 47.4 Å². The maximum absolute atomic E-state index is 12.1. The monoisotopic (exact) mass is 331 g/mol. The van der Waals surface area contributed by atoms with Crippen LogP contribution in [0, 0.1) is 11.8 Å². The highest BCUT2D eigenvalue weighted by molar-refractivity contribution is 5.12. The third-order valence-corrected chi connectivity index (χ3v) is 5.79. The molecule has 0 N–H and O–H groups in total. The van der Waals surface area contributed by atoms with Gasteiger partial charge < -0.3 is 9.64 Å². The first kappa shape index (κ1) is 16.3. The van der Waals surface area contributed by atoms with Gasteiger partial charge in [-0.05, 0) is 69.5 Å². The van der Waals surface area contributed by atoms with E-state index in [2.05, 4.69) is 10.00 Å². The molecule has 24 heavy (non-hydrogen) atoms. The van der Waals surface area contributed by atoms with Crippen molar-refractivity contribution in [2.75, 3.05) is 32.8 Å². The zero-order valence-corrected chi connectivity index (χ0v) is 14.5. The van der Waals surface area contributed by atoms with Crippen molar-refractivity contribution in [1.82, 2.24) is 14.7 Å². The van der Waals surface area contributed by atoms with Crippen LogP contribution in [0.25, 0.3) is 0 Å². The van der Waals surface area contributed by atoms with Crippen molar-refractivity contribution in [2.24, 2.45) is 11.8 Å². The summed E-state index contributed by atoms with van der Waals surface area (Å²) in [6.07, 6.45) is 7.34. The molecule has 1 unspecified atom stereocenters. The van der Waals surface area contributed by atoms with Gasteiger partial charge in [0.15, 0.2) is 0 Å². The average molecular weight is 331 g/mol. The van der Waals surface area contributed by atoms with Gasteiger partial charge in [0.25, 0.3) is 5.56 Å². The second kappa shape index (κ2) is 7.36. The van der Waals surface area contributed by atoms with Gasteiger partial charge in [0.2, 0.25) is 0 Å². The number of hydrogen-bond acceptors (Lipinski definition) is 4. The standard InChI is InChI=1S/C19H29N3O2/c23-19-6-5-18(17-3-4-17)20-22(19)13-15-7-9-21(10-8-15)12-16-2-1-11-24-14-16/h5-6,15-17H,1-4,7-14H2. The van der Waals surface area contributed by atoms with Crippen LogP contribution in [0.2, 0.25) is 0 Å². The molecule has 3 fully saturated rings. The summed E-state index contributed by atoms with van der Waals surface area (Å²) in [5, 5.41) is 4.62. The Hall–Kier alpha value is -1.20. The van der Waals surface area contributed by atoms with E-state index in [0.29, 0.717) is 11.8 Å². The minimum absolute atomic E-state index is 0.0567. The molecule has 5 nitrogen and oxygen atoms in total. The van der Waals surface area contributed by atoms with Crippen molar-refractivity contribution in [3.63, 3.8) is 0 Å². The number of nitrogens with zero attached hydrogens (tertiary/aromatic N) is 3. The number of likely N-dealkylation sites (tertiary alicyclic amines) is 1. The Bertz CT molecular complexity index is 597. The zero-order chi connectivity index (χ0) is 16.4. The van der Waals surface area contributed by atoms with E-state index in [9.17, 15) is 4.79 Å². The first-order valence-corrected chi connectivity index (χ1v) is 9.66. The fraction of sp³-hybridized carbons (Fsp3) is 0.789. The second-order valence-corrected chi connectivity index (χ2v) is 7.88. The molecule has 1 aliphatic carbocycles. The van der Waals surface area contributed by atoms with Crippen molar-refractivity contribution < 1.29 is 4.74 Å². The molecule has 0 aromatic carbocycles. The van der Waals surface area contributed by atoms with E-state index >= 15 is 0 Å². The highest BCUT2D eigenvalue weighted by atomic mass is 16.5. The lowest BCUT2D eigenvalue weighted by molar-refractivity contribution is 0.0319. The minimum atomic E-state index is 0.0567. The molecule has 1 atom stereocenters. The summed E-state index contributed by atoms with van der Waals surface area (Å²) in [5.74, 6) is 1.91. The highest BCUT2D eigenvalue weighted by Gasteiger charge is 2.27. The molecule has 3 heterocycles. The summed E-state index contributed by atoms with van der Waals surface area (Å²) in [5.41, 5.74) is 1.17. The quantitative estimate of drug-likeness (QED) is 0.830. The van der Waals surface area contributed by atoms with E-state index in [1.165, 1.54) is 45.1 Å². The summed E-state index contributed by atoms with van der Waals surface area (Å²) in [6.45, 7) is 6.16. The lowest BCUT2D eigenvalue weighted by Crippen LogP contribution is -2.40. The van der Waals surface area contributed by atoms with Crippen molar-refractivity contribution in [2.45, 2.75) is 51.0 Å². The molecule has 1 aromatic heterocycles. The van der Waals surface area contributed by atoms with Crippen molar-refractivity contribution in [1.29, 1.82) is 0 Å². The minimum Gasteiger partial charge on any atom is -0.381 e. The van der Waals surface area contributed by atoms with Gasteiger partial charge >= 0.3 is 0 Å². The van der Waals surface area contributed by atoms with Gasteiger partial charge in [-0.25, -0.2) is 4.68 Å². The van der Waals surface area contributed by atoms with Gasteiger partial charge in [0, 0.05) is 31.7 Å². The third-order valence-electron chi connectivity index (χ3n) is 5.79. The van der Waals surface area contributed by atoms with Crippen LogP contribution in [0.1, 0.15) is 50.1 Å². The highest BCUT2D eigenvalue weighted by Crippen LogP contribution is 2.38. The number of piperidine rings is 1. The Morgan fingerprint density at radius 1 is 1.04 bits per heavy atom. The first-order chi connectivity index (χ1) is 11.8. The van der Waals surface area contributed by atoms with Gasteiger partial charge in [0.1, 0.15) is 0 Å². The van der Waals surface area contributed by atoms with Crippen LogP contribution < -0.4 is 5.56 Å². The zero-order valence-electron chi connectivity index (χ0n) is 14.5. The van der Waals surface area contributed by atoms with Crippen LogP contribution in [0.4, 0.5) is 0 Å². The van der Waals surface area contributed by atoms with Crippen LogP contribution in [-0.4, -0.2) is 47.5 Å². The van der Waals surface area contributed by atoms with E-state index in [1.54, 1.807) is 10.7 Å². The molecule has 3 aliphatic rings. The van der Waals surface area contributed by atoms with Gasteiger partial charge in [-0.1, -0.05) is 0 Å². The smallest absolute Gasteiger partial charge is 0.266 e. The van der Waals surface area contributed by atoms with Crippen LogP contribution >= 0.6 is 0 Å². The molecule has 5 heteroatoms. The molecule has 1 aromatic rings. The molecule has 0 spiro atoms. The second-order valence-electron chi connectivity index (χ2n) is 7.88. The third kappa shape index (κ3) is 4.06. The normalized spacial score (nSPS) is 26.6. The van der Waals surface area contributed by atoms with E-state index in [4.69, 9.17) is 4.74 Å². The maximum atomic E-state index is 12.1. The number of aromatic nitrogens is 2. The first-order valence-electron chi connectivity index (χ1n) is 9.66. The largest absolute Gasteiger partial charge is 0.381 e. The summed E-state index contributed by atoms with van der Waals surface area (Å²) < 4.78 is 7.32. The molecule has 2 aliphatic heterocycles. The van der Waals surface area contributed by atoms with Crippen LogP contribution in [0.15, 0.2) is 16.9 Å². The van der Waals surface area contributed by atoms with Gasteiger partial charge in [-0.3, -0.25) is 4.79 Å². The summed E-state index contributed by atoms with van der Waals surface area (Å²) >= 11 is 0. The maximum Gasteiger partial charge on any atom is 0.266 e. The SMILES string of the molecule is O=c1ccc(C2CC2)nn1CC1CCN(CC2CCCOC2)CC1. The summed E-state index contributed by atoms with van der Waals surface area (Å²) in [6, 6.07) is 3.63. The molecule has 2 saturated heterocycles. The average Bonchev–Trinajstić information content (AvgIpc) is 3.45. The van der Waals surface area contributed by atoms with E-state index < -0.39 is 0 Å². The van der Waals surface area contributed by atoms with Crippen molar-refractivity contribution in [3.8, 4) is 0 Å². The van der Waals surface area contributed by atoms with Gasteiger partial charge in [0.05, 0.1) is 12.3 Å². The number of rotatable bonds is 5. The van der Waals surface area contributed by atoms with Gasteiger partial charge in [-0.2, -0.15) is 5.10 Å². The Morgan fingerprint density at radius 2 is 1.88 bits per heavy atom. The van der Waals surface area contributed by atoms with Crippen molar-refractivity contribution >= 4 is 0 Å². The number of ether oxygens (including phenoxy) is 1. The Kier molecular flexibility index (Phi) is 4.99. The molecular weight excluding hydrogens is 302 g/mol. The number of hydrogen-bond donors (Lipinski definition) is 0. The van der Waals surface area contributed by atoms with E-state index in [1.807, 2.05) is 6.07 Å². The Morgan fingerprint density at radius 3 is 2.58 bits per heavy atom. The predicted octanol–water partition coefficient (Wildman–Crippen LogP) is 2.26.